The normalized spacial score (nSPS) is 41.0. The van der Waals surface area contributed by atoms with E-state index in [1.807, 2.05) is 0 Å². The lowest BCUT2D eigenvalue weighted by atomic mass is 10.0. The molecule has 0 amide bonds. The van der Waals surface area contributed by atoms with Crippen LogP contribution < -0.4 is 17.0 Å². The smallest absolute Gasteiger partial charge is 0.390 e. The van der Waals surface area contributed by atoms with Crippen LogP contribution >= 0.6 is 15.6 Å². The number of hydrogen-bond donors (Lipinski definition) is 6. The highest BCUT2D eigenvalue weighted by Gasteiger charge is 2.74. The second-order valence-electron chi connectivity index (χ2n) is 11.4. The number of nitrogen functional groups attached to an aromatic ring is 2. The van der Waals surface area contributed by atoms with E-state index in [1.165, 1.54) is 17.2 Å². The summed E-state index contributed by atoms with van der Waals surface area (Å²) >= 11 is 0. The number of nitrogens with two attached hydrogens (primary N) is 2. The van der Waals surface area contributed by atoms with Crippen LogP contribution in [0.4, 0.5) is 16.2 Å². The number of ether oxygens (including phenoxy) is 1. The number of H-pyrrole nitrogens is 1. The Balaban J connectivity index is 1.14. The zero-order valence-corrected chi connectivity index (χ0v) is 24.9. The van der Waals surface area contributed by atoms with Crippen LogP contribution in [0, 0.1) is 11.8 Å². The number of aromatic amines is 1. The highest BCUT2D eigenvalue weighted by atomic mass is 31.2. The van der Waals surface area contributed by atoms with Gasteiger partial charge in [-0.05, 0) is 12.3 Å². The van der Waals surface area contributed by atoms with Crippen molar-refractivity contribution in [1.29, 1.82) is 0 Å². The number of aliphatic hydroxyl groups is 1. The summed E-state index contributed by atoms with van der Waals surface area (Å²) in [6.45, 7) is -1.48. The fourth-order valence-corrected chi connectivity index (χ4v) is 8.83. The van der Waals surface area contributed by atoms with Crippen LogP contribution in [-0.4, -0.2) is 97.7 Å². The number of imidazole rings is 2. The summed E-state index contributed by atoms with van der Waals surface area (Å²) < 4.78 is 72.1. The van der Waals surface area contributed by atoms with Crippen LogP contribution in [0.25, 0.3) is 22.3 Å². The zero-order valence-electron chi connectivity index (χ0n) is 23.1. The summed E-state index contributed by atoms with van der Waals surface area (Å²) in [4.78, 5) is 56.4. The first kappa shape index (κ1) is 29.9. The van der Waals surface area contributed by atoms with E-state index in [0.29, 0.717) is 0 Å². The fourth-order valence-electron chi connectivity index (χ4n) is 6.85. The Morgan fingerprint density at radius 1 is 1.02 bits per heavy atom. The first-order valence-electron chi connectivity index (χ1n) is 13.7. The van der Waals surface area contributed by atoms with E-state index in [2.05, 4.69) is 29.9 Å². The number of nitrogens with zero attached hydrogens (tertiary/aromatic N) is 7. The van der Waals surface area contributed by atoms with Gasteiger partial charge in [0.05, 0.1) is 37.5 Å². The average molecular weight is 686 g/mol. The number of halogens is 1. The number of phosphoric acid groups is 2. The number of hydrogen-bond acceptors (Lipinski definition) is 16. The van der Waals surface area contributed by atoms with E-state index in [0.717, 1.165) is 10.9 Å². The third-order valence-corrected chi connectivity index (χ3v) is 10.9. The molecular formula is C22H25FN10O11P2. The summed E-state index contributed by atoms with van der Waals surface area (Å²) in [5.41, 5.74) is 9.75. The molecule has 246 valence electrons. The molecule has 2 aliphatic carbocycles. The van der Waals surface area contributed by atoms with Gasteiger partial charge in [0, 0.05) is 5.92 Å². The lowest BCUT2D eigenvalue weighted by Gasteiger charge is -2.30. The van der Waals surface area contributed by atoms with Crippen molar-refractivity contribution >= 4 is 49.7 Å². The van der Waals surface area contributed by atoms with Crippen molar-refractivity contribution < 1.29 is 51.2 Å². The minimum atomic E-state index is -5.09. The van der Waals surface area contributed by atoms with Crippen molar-refractivity contribution in [3.05, 3.63) is 29.3 Å². The number of nitrogens with one attached hydrogen (secondary N) is 1. The number of alkyl halides is 1. The van der Waals surface area contributed by atoms with Gasteiger partial charge in [-0.3, -0.25) is 32.4 Å². The minimum Gasteiger partial charge on any atom is -0.390 e. The predicted octanol–water partition coefficient (Wildman–Crippen LogP) is -0.917. The Labute approximate surface area is 254 Å². The van der Waals surface area contributed by atoms with E-state index >= 15 is 4.39 Å². The molecule has 46 heavy (non-hydrogen) atoms. The molecule has 0 aromatic carbocycles. The third-order valence-electron chi connectivity index (χ3n) is 8.92. The minimum absolute atomic E-state index is 0.00769. The largest absolute Gasteiger partial charge is 0.472 e. The molecule has 8 rings (SSSR count). The van der Waals surface area contributed by atoms with Gasteiger partial charge in [-0.1, -0.05) is 0 Å². The standard InChI is InChI=1S/C22H25FN10O11P2/c23-10-14-9(42-20(10)32-5-28-11-16(24)26-4-27-17(11)32)3-41-46(38,39)44-15-13(34)7(2-40-45(36,37)43-14)8-1-22(8,15)33-6-29-12-18(33)30-21(25)31-19(12)35/h4-10,13-15,20,34H,1-3H2,(H,36,37)(H,38,39)(H2,24,26,27)(H3,25,30,31,35)/t7-,8-,9+,10+,13+,14+,15+,20+,22?/m0/s1. The third kappa shape index (κ3) is 4.44. The summed E-state index contributed by atoms with van der Waals surface area (Å²) in [6, 6.07) is 0. The van der Waals surface area contributed by atoms with Gasteiger partial charge in [-0.15, -0.1) is 0 Å². The summed E-state index contributed by atoms with van der Waals surface area (Å²) in [5, 5.41) is 11.3. The lowest BCUT2D eigenvalue weighted by molar-refractivity contribution is -0.0539. The molecule has 0 spiro atoms. The molecule has 4 aliphatic rings. The Bertz CT molecular complexity index is 2040. The van der Waals surface area contributed by atoms with Crippen LogP contribution in [0.1, 0.15) is 12.6 Å². The van der Waals surface area contributed by atoms with Crippen LogP contribution in [0.3, 0.4) is 0 Å². The maximum Gasteiger partial charge on any atom is 0.472 e. The Morgan fingerprint density at radius 2 is 1.76 bits per heavy atom. The van der Waals surface area contributed by atoms with E-state index < -0.39 is 88.6 Å². The topological polar surface area (TPSA) is 300 Å². The molecule has 2 bridgehead atoms. The van der Waals surface area contributed by atoms with Gasteiger partial charge in [0.25, 0.3) is 5.56 Å². The molecule has 4 fully saturated rings. The number of fused-ring (bicyclic) bond motifs is 8. The molecule has 24 heteroatoms. The number of anilines is 2. The molecule has 6 heterocycles. The molecule has 2 saturated carbocycles. The van der Waals surface area contributed by atoms with E-state index in [-0.39, 0.29) is 40.5 Å². The molecule has 4 aromatic heterocycles. The molecule has 8 N–H and O–H groups in total. The van der Waals surface area contributed by atoms with Gasteiger partial charge in [0.15, 0.2) is 35.0 Å². The van der Waals surface area contributed by atoms with E-state index in [9.17, 15) is 28.8 Å². The summed E-state index contributed by atoms with van der Waals surface area (Å²) in [5.74, 6) is -1.79. The number of aromatic nitrogens is 8. The highest BCUT2D eigenvalue weighted by Crippen LogP contribution is 2.68. The maximum absolute atomic E-state index is 16.0. The van der Waals surface area contributed by atoms with Crippen LogP contribution in [-0.2, 0) is 37.5 Å². The van der Waals surface area contributed by atoms with Crippen LogP contribution in [0.2, 0.25) is 0 Å². The molecule has 4 aromatic rings. The van der Waals surface area contributed by atoms with E-state index in [1.54, 1.807) is 0 Å². The number of phosphoric ester groups is 2. The Kier molecular flexibility index (Phi) is 6.53. The van der Waals surface area contributed by atoms with Crippen LogP contribution in [0.15, 0.2) is 23.8 Å². The van der Waals surface area contributed by atoms with Gasteiger partial charge >= 0.3 is 15.6 Å². The van der Waals surface area contributed by atoms with Crippen molar-refractivity contribution in [2.24, 2.45) is 11.8 Å². The SMILES string of the molecule is Nc1nc2c(ncn2C23C[C@H]2[C@@H]2COP(=O)(O)O[C@H]4[C@@H](F)[C@H](n5cnc6c(N)ncnc65)O[C@@H]4COP(=O)(O)O[C@@H]3[C@@H]2O)c(=O)[nH]1. The van der Waals surface area contributed by atoms with Gasteiger partial charge < -0.3 is 35.7 Å². The van der Waals surface area contributed by atoms with Gasteiger partial charge in [0.2, 0.25) is 5.95 Å². The molecular weight excluding hydrogens is 661 g/mol. The second kappa shape index (κ2) is 10.0. The van der Waals surface area contributed by atoms with Crippen molar-refractivity contribution in [3.8, 4) is 0 Å². The maximum atomic E-state index is 16.0. The van der Waals surface area contributed by atoms with Gasteiger partial charge in [0.1, 0.15) is 30.2 Å². The Morgan fingerprint density at radius 3 is 2.57 bits per heavy atom. The molecule has 2 aliphatic heterocycles. The van der Waals surface area contributed by atoms with Crippen LogP contribution in [0.5, 0.6) is 0 Å². The molecule has 11 atom stereocenters. The molecule has 0 radical (unpaired) electrons. The highest BCUT2D eigenvalue weighted by molar-refractivity contribution is 7.47. The predicted molar refractivity (Wildman–Crippen MR) is 148 cm³/mol. The quantitative estimate of drug-likeness (QED) is 0.139. The number of aliphatic hydroxyl groups excluding tert-OH is 1. The van der Waals surface area contributed by atoms with Crippen molar-refractivity contribution in [2.75, 3.05) is 24.7 Å². The van der Waals surface area contributed by atoms with Gasteiger partial charge in [-0.25, -0.2) is 33.5 Å². The van der Waals surface area contributed by atoms with E-state index in [4.69, 9.17) is 34.3 Å². The number of rotatable bonds is 2. The summed E-state index contributed by atoms with van der Waals surface area (Å²) in [6.07, 6.45) is -6.47. The average Bonchev–Trinajstić information content (AvgIpc) is 3.26. The first-order valence-corrected chi connectivity index (χ1v) is 16.7. The van der Waals surface area contributed by atoms with Crippen molar-refractivity contribution in [2.45, 2.75) is 48.8 Å². The monoisotopic (exact) mass is 686 g/mol. The lowest BCUT2D eigenvalue weighted by Crippen LogP contribution is -2.41. The first-order chi connectivity index (χ1) is 21.8. The zero-order chi connectivity index (χ0) is 32.3. The second-order valence-corrected chi connectivity index (χ2v) is 14.2. The summed E-state index contributed by atoms with van der Waals surface area (Å²) in [7, 11) is -10.2. The van der Waals surface area contributed by atoms with Gasteiger partial charge in [-0.2, -0.15) is 4.98 Å². The molecule has 3 unspecified atom stereocenters. The van der Waals surface area contributed by atoms with Crippen molar-refractivity contribution in [3.63, 3.8) is 0 Å². The molecule has 2 saturated heterocycles. The molecule has 21 nitrogen and oxygen atoms in total. The van der Waals surface area contributed by atoms with Crippen molar-refractivity contribution in [1.82, 2.24) is 39.0 Å². The fraction of sp³-hybridized carbons (Fsp3) is 0.545. The Hall–Kier alpha value is -3.43.